The fourth-order valence-corrected chi connectivity index (χ4v) is 11.3. The Morgan fingerprint density at radius 2 is 0.762 bits per heavy atom. The first-order valence-corrected chi connectivity index (χ1v) is 22.5. The Morgan fingerprint density at radius 3 is 1.41 bits per heavy atom. The average molecular weight is 820 g/mol. The lowest BCUT2D eigenvalue weighted by molar-refractivity contribution is 0.768. The van der Waals surface area contributed by atoms with Crippen LogP contribution >= 0.6 is 11.3 Å². The van der Waals surface area contributed by atoms with E-state index in [0.717, 1.165) is 17.1 Å². The van der Waals surface area contributed by atoms with E-state index in [-0.39, 0.29) is 0 Å². The maximum absolute atomic E-state index is 2.46. The predicted molar refractivity (Wildman–Crippen MR) is 268 cm³/mol. The van der Waals surface area contributed by atoms with E-state index in [1.807, 2.05) is 11.3 Å². The lowest BCUT2D eigenvalue weighted by Gasteiger charge is -2.35. The minimum Gasteiger partial charge on any atom is -0.310 e. The summed E-state index contributed by atoms with van der Waals surface area (Å²) in [5.74, 6) is 0. The third-order valence-electron chi connectivity index (χ3n) is 13.0. The maximum Gasteiger partial charge on any atom is 0.0714 e. The van der Waals surface area contributed by atoms with Crippen LogP contribution in [0.25, 0.3) is 64.7 Å². The maximum atomic E-state index is 2.46. The van der Waals surface area contributed by atoms with E-state index >= 15 is 0 Å². The van der Waals surface area contributed by atoms with Crippen LogP contribution in [0, 0.1) is 0 Å². The van der Waals surface area contributed by atoms with Crippen molar-refractivity contribution in [3.8, 4) is 44.5 Å². The van der Waals surface area contributed by atoms with Gasteiger partial charge in [-0.25, -0.2) is 0 Å². The molecule has 0 fully saturated rings. The second-order valence-corrected chi connectivity index (χ2v) is 17.5. The van der Waals surface area contributed by atoms with E-state index < -0.39 is 5.41 Å². The Kier molecular flexibility index (Phi) is 8.98. The first-order valence-electron chi connectivity index (χ1n) is 21.7. The number of hydrogen-bond acceptors (Lipinski definition) is 2. The summed E-state index contributed by atoms with van der Waals surface area (Å²) in [4.78, 5) is 2.43. The molecule has 0 spiro atoms. The Bertz CT molecular complexity index is 3370. The molecular formula is C61H41NS. The standard InChI is InChI=1S/C61H41NS/c1-4-15-42(16-5-1)43-27-29-44(30-28-43)45-31-35-49(36-32-45)62(50-37-33-46(34-38-50)52-23-14-24-56-55-22-11-13-26-59(55)63-60(52)56)51-39-40-54-53-21-10-12-25-57(53)61(58(54)41-51,47-17-6-2-7-18-47)48-19-8-3-9-20-48/h1-41H. The van der Waals surface area contributed by atoms with Gasteiger partial charge >= 0.3 is 0 Å². The molecule has 0 amide bonds. The Balaban J connectivity index is 1.01. The summed E-state index contributed by atoms with van der Waals surface area (Å²) in [7, 11) is 0. The second kappa shape index (κ2) is 15.3. The highest BCUT2D eigenvalue weighted by molar-refractivity contribution is 7.26. The Hall–Kier alpha value is -7.78. The second-order valence-electron chi connectivity index (χ2n) is 16.4. The highest BCUT2D eigenvalue weighted by Gasteiger charge is 2.46. The average Bonchev–Trinajstić information content (AvgIpc) is 3.89. The van der Waals surface area contributed by atoms with Crippen molar-refractivity contribution < 1.29 is 0 Å². The van der Waals surface area contributed by atoms with E-state index in [1.165, 1.54) is 86.9 Å². The third-order valence-corrected chi connectivity index (χ3v) is 14.2. The SMILES string of the molecule is c1ccc(-c2ccc(-c3ccc(N(c4ccc(-c5cccc6c5sc5ccccc56)cc4)c4ccc5c(c4)C(c4ccccc4)(c4ccccc4)c4ccccc4-5)cc3)cc2)cc1. The Morgan fingerprint density at radius 1 is 0.302 bits per heavy atom. The van der Waals surface area contributed by atoms with Gasteiger partial charge in [0.25, 0.3) is 0 Å². The predicted octanol–water partition coefficient (Wildman–Crippen LogP) is 16.9. The fraction of sp³-hybridized carbons (Fsp3) is 0.0164. The smallest absolute Gasteiger partial charge is 0.0714 e. The minimum atomic E-state index is -0.501. The topological polar surface area (TPSA) is 3.24 Å². The monoisotopic (exact) mass is 819 g/mol. The zero-order valence-corrected chi connectivity index (χ0v) is 35.3. The van der Waals surface area contributed by atoms with Crippen molar-refractivity contribution in [3.05, 3.63) is 271 Å². The van der Waals surface area contributed by atoms with Gasteiger partial charge in [-0.2, -0.15) is 0 Å². The molecule has 0 radical (unpaired) electrons. The molecule has 1 aromatic heterocycles. The number of thiophene rings is 1. The molecule has 10 aromatic carbocycles. The molecule has 1 aliphatic carbocycles. The highest BCUT2D eigenvalue weighted by Crippen LogP contribution is 2.57. The van der Waals surface area contributed by atoms with Gasteiger partial charge in [0.1, 0.15) is 0 Å². The van der Waals surface area contributed by atoms with Gasteiger partial charge in [0.15, 0.2) is 0 Å². The molecule has 11 aromatic rings. The van der Waals surface area contributed by atoms with Crippen LogP contribution < -0.4 is 4.90 Å². The van der Waals surface area contributed by atoms with Crippen LogP contribution in [0.4, 0.5) is 17.1 Å². The molecule has 12 rings (SSSR count). The first kappa shape index (κ1) is 37.0. The molecule has 63 heavy (non-hydrogen) atoms. The summed E-state index contributed by atoms with van der Waals surface area (Å²) in [6.45, 7) is 0. The van der Waals surface area contributed by atoms with E-state index in [9.17, 15) is 0 Å². The molecule has 0 saturated carbocycles. The molecule has 1 heterocycles. The molecule has 296 valence electrons. The van der Waals surface area contributed by atoms with E-state index in [0.29, 0.717) is 0 Å². The molecule has 0 bridgehead atoms. The van der Waals surface area contributed by atoms with Gasteiger partial charge in [0.05, 0.1) is 5.41 Å². The van der Waals surface area contributed by atoms with Gasteiger partial charge < -0.3 is 4.90 Å². The van der Waals surface area contributed by atoms with Crippen LogP contribution in [0.5, 0.6) is 0 Å². The summed E-state index contributed by atoms with van der Waals surface area (Å²) in [5, 5.41) is 2.63. The normalized spacial score (nSPS) is 12.6. The van der Waals surface area contributed by atoms with Crippen LogP contribution in [0.3, 0.4) is 0 Å². The van der Waals surface area contributed by atoms with Crippen molar-refractivity contribution in [1.29, 1.82) is 0 Å². The number of anilines is 3. The number of rotatable bonds is 8. The van der Waals surface area contributed by atoms with Gasteiger partial charge in [0, 0.05) is 37.2 Å². The number of benzene rings is 10. The summed E-state index contributed by atoms with van der Waals surface area (Å²) in [6.07, 6.45) is 0. The van der Waals surface area contributed by atoms with Gasteiger partial charge in [-0.05, 0) is 109 Å². The molecule has 2 heteroatoms. The van der Waals surface area contributed by atoms with Crippen molar-refractivity contribution in [2.24, 2.45) is 0 Å². The molecule has 0 N–H and O–H groups in total. The largest absolute Gasteiger partial charge is 0.310 e. The summed E-state index contributed by atoms with van der Waals surface area (Å²) >= 11 is 1.88. The Labute approximate surface area is 372 Å². The minimum absolute atomic E-state index is 0.501. The zero-order chi connectivity index (χ0) is 41.7. The van der Waals surface area contributed by atoms with Gasteiger partial charge in [-0.3, -0.25) is 0 Å². The summed E-state index contributed by atoms with van der Waals surface area (Å²) in [5.41, 5.74) is 17.7. The molecular weight excluding hydrogens is 779 g/mol. The van der Waals surface area contributed by atoms with E-state index in [1.54, 1.807) is 0 Å². The number of hydrogen-bond donors (Lipinski definition) is 0. The molecule has 1 nitrogen and oxygen atoms in total. The van der Waals surface area contributed by atoms with Gasteiger partial charge in [0.2, 0.25) is 0 Å². The van der Waals surface area contributed by atoms with Crippen LogP contribution in [-0.2, 0) is 5.41 Å². The van der Waals surface area contributed by atoms with Crippen LogP contribution in [0.15, 0.2) is 249 Å². The molecule has 0 saturated heterocycles. The van der Waals surface area contributed by atoms with Crippen molar-refractivity contribution >= 4 is 48.6 Å². The van der Waals surface area contributed by atoms with Crippen LogP contribution in [0.2, 0.25) is 0 Å². The third kappa shape index (κ3) is 6.14. The first-order chi connectivity index (χ1) is 31.2. The quantitative estimate of drug-likeness (QED) is 0.148. The molecule has 0 aliphatic heterocycles. The highest BCUT2D eigenvalue weighted by atomic mass is 32.1. The van der Waals surface area contributed by atoms with Crippen LogP contribution in [-0.4, -0.2) is 0 Å². The van der Waals surface area contributed by atoms with Gasteiger partial charge in [-0.1, -0.05) is 206 Å². The van der Waals surface area contributed by atoms with Crippen molar-refractivity contribution in [2.75, 3.05) is 4.90 Å². The summed E-state index contributed by atoms with van der Waals surface area (Å²) in [6, 6.07) is 91.4. The number of nitrogens with zero attached hydrogens (tertiary/aromatic N) is 1. The molecule has 0 atom stereocenters. The molecule has 0 unspecified atom stereocenters. The van der Waals surface area contributed by atoms with Crippen molar-refractivity contribution in [3.63, 3.8) is 0 Å². The van der Waals surface area contributed by atoms with Crippen molar-refractivity contribution in [2.45, 2.75) is 5.41 Å². The molecule has 1 aliphatic rings. The fourth-order valence-electron chi connectivity index (χ4n) is 10.1. The van der Waals surface area contributed by atoms with Gasteiger partial charge in [-0.15, -0.1) is 11.3 Å². The lowest BCUT2D eigenvalue weighted by atomic mass is 9.67. The lowest BCUT2D eigenvalue weighted by Crippen LogP contribution is -2.28. The van der Waals surface area contributed by atoms with E-state index in [2.05, 4.69) is 254 Å². The summed E-state index contributed by atoms with van der Waals surface area (Å²) < 4.78 is 2.64. The number of fused-ring (bicyclic) bond motifs is 6. The van der Waals surface area contributed by atoms with E-state index in [4.69, 9.17) is 0 Å². The van der Waals surface area contributed by atoms with Crippen molar-refractivity contribution in [1.82, 2.24) is 0 Å². The zero-order valence-electron chi connectivity index (χ0n) is 34.5. The van der Waals surface area contributed by atoms with Crippen LogP contribution in [0.1, 0.15) is 22.3 Å².